The lowest BCUT2D eigenvalue weighted by Gasteiger charge is -2.32. The lowest BCUT2D eigenvalue weighted by Crippen LogP contribution is -2.47. The Morgan fingerprint density at radius 1 is 1.35 bits per heavy atom. The molecule has 1 heterocycles. The van der Waals surface area contributed by atoms with Crippen LogP contribution in [0.3, 0.4) is 0 Å². The Morgan fingerprint density at radius 3 is 2.75 bits per heavy atom. The normalized spacial score (nSPS) is 24.3. The van der Waals surface area contributed by atoms with Crippen molar-refractivity contribution in [3.05, 3.63) is 0 Å². The Bertz CT molecular complexity index is 355. The van der Waals surface area contributed by atoms with E-state index in [2.05, 4.69) is 5.32 Å². The van der Waals surface area contributed by atoms with Crippen LogP contribution in [0.2, 0.25) is 0 Å². The minimum absolute atomic E-state index is 0.0593. The average molecular weight is 281 g/mol. The number of carbonyl (C=O) groups excluding carboxylic acids is 2. The van der Waals surface area contributed by atoms with Gasteiger partial charge in [0.25, 0.3) is 0 Å². The van der Waals surface area contributed by atoms with Crippen LogP contribution in [0.5, 0.6) is 0 Å². The molecule has 20 heavy (non-hydrogen) atoms. The molecule has 5 nitrogen and oxygen atoms in total. The number of piperidine rings is 1. The summed E-state index contributed by atoms with van der Waals surface area (Å²) >= 11 is 0. The van der Waals surface area contributed by atoms with Gasteiger partial charge in [0, 0.05) is 32.1 Å². The molecule has 0 bridgehead atoms. The van der Waals surface area contributed by atoms with Crippen molar-refractivity contribution in [1.82, 2.24) is 10.2 Å². The van der Waals surface area contributed by atoms with Crippen molar-refractivity contribution in [2.75, 3.05) is 19.6 Å². The van der Waals surface area contributed by atoms with Gasteiger partial charge in [-0.25, -0.2) is 0 Å². The third-order valence-electron chi connectivity index (χ3n) is 4.35. The van der Waals surface area contributed by atoms with Gasteiger partial charge in [-0.2, -0.15) is 0 Å². The summed E-state index contributed by atoms with van der Waals surface area (Å²) in [4.78, 5) is 25.9. The van der Waals surface area contributed by atoms with Gasteiger partial charge in [0.15, 0.2) is 0 Å². The Labute approximate surface area is 121 Å². The highest BCUT2D eigenvalue weighted by atomic mass is 16.2. The van der Waals surface area contributed by atoms with Crippen molar-refractivity contribution in [3.8, 4) is 0 Å². The molecular weight excluding hydrogens is 254 g/mol. The minimum Gasteiger partial charge on any atom is -0.354 e. The lowest BCUT2D eigenvalue weighted by atomic mass is 9.96. The molecular formula is C15H27N3O2. The first kappa shape index (κ1) is 15.3. The highest BCUT2D eigenvalue weighted by molar-refractivity contribution is 5.81. The van der Waals surface area contributed by atoms with Crippen LogP contribution in [-0.2, 0) is 9.59 Å². The monoisotopic (exact) mass is 281 g/mol. The van der Waals surface area contributed by atoms with Crippen molar-refractivity contribution in [3.63, 3.8) is 0 Å². The number of amides is 2. The zero-order chi connectivity index (χ0) is 14.5. The maximum Gasteiger partial charge on any atom is 0.224 e. The highest BCUT2D eigenvalue weighted by Crippen LogP contribution is 2.31. The standard InChI is InChI=1S/C15H27N3O2/c1-2-4-14(19)18-8-3-5-12(10-18)15(20)17-9-13(16)11-6-7-11/h11-13H,2-10,16H2,1H3,(H,17,20). The van der Waals surface area contributed by atoms with Gasteiger partial charge in [-0.15, -0.1) is 0 Å². The van der Waals surface area contributed by atoms with Gasteiger partial charge in [0.05, 0.1) is 5.92 Å². The number of nitrogens with one attached hydrogen (secondary N) is 1. The van der Waals surface area contributed by atoms with E-state index in [-0.39, 0.29) is 23.8 Å². The molecule has 1 saturated carbocycles. The highest BCUT2D eigenvalue weighted by Gasteiger charge is 2.31. The van der Waals surface area contributed by atoms with E-state index in [1.165, 1.54) is 12.8 Å². The van der Waals surface area contributed by atoms with Crippen LogP contribution in [0.4, 0.5) is 0 Å². The Balaban J connectivity index is 1.75. The summed E-state index contributed by atoms with van der Waals surface area (Å²) < 4.78 is 0. The van der Waals surface area contributed by atoms with Crippen LogP contribution in [0.1, 0.15) is 45.4 Å². The van der Waals surface area contributed by atoms with Crippen molar-refractivity contribution >= 4 is 11.8 Å². The molecule has 2 unspecified atom stereocenters. The second kappa shape index (κ2) is 7.07. The molecule has 0 aromatic carbocycles. The summed E-state index contributed by atoms with van der Waals surface area (Å²) in [5.74, 6) is 0.787. The zero-order valence-corrected chi connectivity index (χ0v) is 12.4. The number of carbonyl (C=O) groups is 2. The maximum absolute atomic E-state index is 12.2. The third kappa shape index (κ3) is 4.20. The number of likely N-dealkylation sites (tertiary alicyclic amines) is 1. The van der Waals surface area contributed by atoms with Gasteiger partial charge in [0.1, 0.15) is 0 Å². The van der Waals surface area contributed by atoms with Gasteiger partial charge < -0.3 is 16.0 Å². The molecule has 5 heteroatoms. The second-order valence-corrected chi connectivity index (χ2v) is 6.18. The molecule has 1 saturated heterocycles. The van der Waals surface area contributed by atoms with Crippen LogP contribution in [0.15, 0.2) is 0 Å². The Hall–Kier alpha value is -1.10. The van der Waals surface area contributed by atoms with Gasteiger partial charge in [0.2, 0.25) is 11.8 Å². The van der Waals surface area contributed by atoms with Gasteiger partial charge in [-0.1, -0.05) is 6.92 Å². The van der Waals surface area contributed by atoms with Crippen LogP contribution in [-0.4, -0.2) is 42.4 Å². The minimum atomic E-state index is -0.0593. The average Bonchev–Trinajstić information content (AvgIpc) is 3.29. The van der Waals surface area contributed by atoms with Gasteiger partial charge in [-0.3, -0.25) is 9.59 Å². The topological polar surface area (TPSA) is 75.4 Å². The molecule has 2 amide bonds. The summed E-state index contributed by atoms with van der Waals surface area (Å²) in [5.41, 5.74) is 5.99. The van der Waals surface area contributed by atoms with Crippen molar-refractivity contribution < 1.29 is 9.59 Å². The van der Waals surface area contributed by atoms with E-state index >= 15 is 0 Å². The van der Waals surface area contributed by atoms with Crippen molar-refractivity contribution in [1.29, 1.82) is 0 Å². The number of hydrogen-bond donors (Lipinski definition) is 2. The number of nitrogens with two attached hydrogens (primary N) is 1. The first-order valence-corrected chi connectivity index (χ1v) is 7.93. The summed E-state index contributed by atoms with van der Waals surface area (Å²) in [6.45, 7) is 3.95. The molecule has 1 aliphatic carbocycles. The van der Waals surface area contributed by atoms with E-state index in [4.69, 9.17) is 5.73 Å². The Kier molecular flexibility index (Phi) is 5.40. The largest absolute Gasteiger partial charge is 0.354 e. The maximum atomic E-state index is 12.2. The first-order chi connectivity index (χ1) is 9.61. The van der Waals surface area contributed by atoms with Crippen LogP contribution in [0.25, 0.3) is 0 Å². The quantitative estimate of drug-likeness (QED) is 0.759. The van der Waals surface area contributed by atoms with E-state index < -0.39 is 0 Å². The fourth-order valence-electron chi connectivity index (χ4n) is 2.84. The predicted octanol–water partition coefficient (Wildman–Crippen LogP) is 0.879. The lowest BCUT2D eigenvalue weighted by molar-refractivity contribution is -0.135. The molecule has 114 valence electrons. The molecule has 1 aliphatic heterocycles. The van der Waals surface area contributed by atoms with E-state index in [1.807, 2.05) is 11.8 Å². The number of rotatable bonds is 6. The van der Waals surface area contributed by atoms with Crippen LogP contribution in [0, 0.1) is 11.8 Å². The van der Waals surface area contributed by atoms with E-state index in [1.54, 1.807) is 0 Å². The van der Waals surface area contributed by atoms with E-state index in [9.17, 15) is 9.59 Å². The molecule has 3 N–H and O–H groups in total. The zero-order valence-electron chi connectivity index (χ0n) is 12.4. The Morgan fingerprint density at radius 2 is 2.10 bits per heavy atom. The molecule has 2 rings (SSSR count). The fourth-order valence-corrected chi connectivity index (χ4v) is 2.84. The van der Waals surface area contributed by atoms with Crippen molar-refractivity contribution in [2.45, 2.75) is 51.5 Å². The van der Waals surface area contributed by atoms with Gasteiger partial charge in [-0.05, 0) is 38.0 Å². The molecule has 2 atom stereocenters. The third-order valence-corrected chi connectivity index (χ3v) is 4.35. The molecule has 0 aromatic heterocycles. The molecule has 0 aromatic rings. The number of hydrogen-bond acceptors (Lipinski definition) is 3. The summed E-state index contributed by atoms with van der Waals surface area (Å²) in [5, 5.41) is 2.96. The van der Waals surface area contributed by atoms with Crippen molar-refractivity contribution in [2.24, 2.45) is 17.6 Å². The SMILES string of the molecule is CCCC(=O)N1CCCC(C(=O)NCC(N)C2CC2)C1. The van der Waals surface area contributed by atoms with Crippen LogP contribution < -0.4 is 11.1 Å². The summed E-state index contributed by atoms with van der Waals surface area (Å²) in [6.07, 6.45) is 5.63. The van der Waals surface area contributed by atoms with Crippen LogP contribution >= 0.6 is 0 Å². The summed E-state index contributed by atoms with van der Waals surface area (Å²) in [7, 11) is 0. The van der Waals surface area contributed by atoms with E-state index in [0.29, 0.717) is 25.4 Å². The van der Waals surface area contributed by atoms with Gasteiger partial charge >= 0.3 is 0 Å². The molecule has 0 spiro atoms. The van der Waals surface area contributed by atoms with E-state index in [0.717, 1.165) is 25.8 Å². The predicted molar refractivity (Wildman–Crippen MR) is 77.9 cm³/mol. The molecule has 0 radical (unpaired) electrons. The first-order valence-electron chi connectivity index (χ1n) is 7.93. The second-order valence-electron chi connectivity index (χ2n) is 6.18. The summed E-state index contributed by atoms with van der Waals surface area (Å²) in [6, 6.07) is 0.0976. The molecule has 2 fully saturated rings. The fraction of sp³-hybridized carbons (Fsp3) is 0.867. The smallest absolute Gasteiger partial charge is 0.224 e. The molecule has 2 aliphatic rings. The number of nitrogens with zero attached hydrogens (tertiary/aromatic N) is 1.